The van der Waals surface area contributed by atoms with Gasteiger partial charge in [-0.2, -0.15) is 4.31 Å². The zero-order valence-electron chi connectivity index (χ0n) is 15.4. The Kier molecular flexibility index (Phi) is 6.65. The molecule has 1 N–H and O–H groups in total. The third kappa shape index (κ3) is 5.07. The predicted molar refractivity (Wildman–Crippen MR) is 104 cm³/mol. The summed E-state index contributed by atoms with van der Waals surface area (Å²) in [6, 6.07) is 9.01. The molecule has 0 atom stereocenters. The maximum Gasteiger partial charge on any atom is 0.317 e. The molecular formula is C18H22FN3O4S2. The average Bonchev–Trinajstić information content (AvgIpc) is 3.16. The highest BCUT2D eigenvalue weighted by atomic mass is 32.2. The van der Waals surface area contributed by atoms with Gasteiger partial charge in [0.25, 0.3) is 10.0 Å². The van der Waals surface area contributed by atoms with Crippen LogP contribution in [0.2, 0.25) is 0 Å². The van der Waals surface area contributed by atoms with Crippen molar-refractivity contribution in [3.05, 3.63) is 52.7 Å². The van der Waals surface area contributed by atoms with E-state index in [-0.39, 0.29) is 29.1 Å². The van der Waals surface area contributed by atoms with Crippen LogP contribution in [0.15, 0.2) is 40.6 Å². The Labute approximate surface area is 167 Å². The number of nitrogens with zero attached hydrogens (tertiary/aromatic N) is 2. The Morgan fingerprint density at radius 3 is 2.75 bits per heavy atom. The Morgan fingerprint density at radius 2 is 2.04 bits per heavy atom. The minimum atomic E-state index is -3.53. The van der Waals surface area contributed by atoms with Crippen molar-refractivity contribution in [1.29, 1.82) is 0 Å². The molecule has 3 rings (SSSR count). The van der Waals surface area contributed by atoms with Gasteiger partial charge in [-0.15, -0.1) is 11.3 Å². The molecule has 0 bridgehead atoms. The number of hydrogen-bond donors (Lipinski definition) is 1. The molecule has 0 unspecified atom stereocenters. The summed E-state index contributed by atoms with van der Waals surface area (Å²) < 4.78 is 45.4. The van der Waals surface area contributed by atoms with Gasteiger partial charge in [-0.05, 0) is 29.8 Å². The maximum absolute atomic E-state index is 13.2. The second kappa shape index (κ2) is 8.99. The number of urea groups is 1. The largest absolute Gasteiger partial charge is 0.379 e. The number of carbonyl (C=O) groups excluding carboxylic acids is 1. The van der Waals surface area contributed by atoms with Crippen molar-refractivity contribution < 1.29 is 22.3 Å². The second-order valence-corrected chi connectivity index (χ2v) is 9.71. The van der Waals surface area contributed by atoms with Gasteiger partial charge in [-0.25, -0.2) is 17.6 Å². The summed E-state index contributed by atoms with van der Waals surface area (Å²) in [7, 11) is -1.91. The number of ether oxygens (including phenoxy) is 1. The molecule has 0 aliphatic carbocycles. The Bertz CT molecular complexity index is 926. The van der Waals surface area contributed by atoms with Crippen molar-refractivity contribution in [3.8, 4) is 0 Å². The van der Waals surface area contributed by atoms with E-state index < -0.39 is 10.0 Å². The number of hydrogen-bond acceptors (Lipinski definition) is 5. The van der Waals surface area contributed by atoms with E-state index in [1.807, 2.05) is 0 Å². The van der Waals surface area contributed by atoms with Crippen LogP contribution in [-0.2, 0) is 27.8 Å². The molecule has 0 saturated carbocycles. The van der Waals surface area contributed by atoms with E-state index in [4.69, 9.17) is 4.74 Å². The van der Waals surface area contributed by atoms with Crippen molar-refractivity contribution in [2.75, 3.05) is 33.4 Å². The lowest BCUT2D eigenvalue weighted by Crippen LogP contribution is -2.40. The van der Waals surface area contributed by atoms with Crippen LogP contribution in [0.4, 0.5) is 9.18 Å². The van der Waals surface area contributed by atoms with Crippen molar-refractivity contribution in [1.82, 2.24) is 14.5 Å². The number of thiophene rings is 1. The molecule has 7 nitrogen and oxygen atoms in total. The van der Waals surface area contributed by atoms with Gasteiger partial charge in [0.2, 0.25) is 0 Å². The number of sulfonamides is 1. The number of morpholine rings is 1. The minimum absolute atomic E-state index is 0.218. The first kappa shape index (κ1) is 20.7. The Hall–Kier alpha value is -2.01. The summed E-state index contributed by atoms with van der Waals surface area (Å²) in [6.45, 7) is 1.96. The first-order valence-corrected chi connectivity index (χ1v) is 11.0. The SMILES string of the molecule is CN(Cc1cccc(F)c1)C(=O)NCc1ccc(S(=O)(=O)N2CCOCC2)s1. The maximum atomic E-state index is 13.2. The molecule has 2 heterocycles. The van der Waals surface area contributed by atoms with Gasteiger partial charge in [0.1, 0.15) is 10.0 Å². The molecule has 1 saturated heterocycles. The third-order valence-corrected chi connectivity index (χ3v) is 7.72. The summed E-state index contributed by atoms with van der Waals surface area (Å²) >= 11 is 1.14. The van der Waals surface area contributed by atoms with Gasteiger partial charge in [-0.1, -0.05) is 12.1 Å². The average molecular weight is 428 g/mol. The van der Waals surface area contributed by atoms with Crippen molar-refractivity contribution in [2.24, 2.45) is 0 Å². The van der Waals surface area contributed by atoms with E-state index in [0.29, 0.717) is 31.9 Å². The monoisotopic (exact) mass is 427 g/mol. The van der Waals surface area contributed by atoms with Gasteiger partial charge in [0.15, 0.2) is 0 Å². The van der Waals surface area contributed by atoms with Crippen LogP contribution in [0.25, 0.3) is 0 Å². The molecule has 0 radical (unpaired) electrons. The highest BCUT2D eigenvalue weighted by Gasteiger charge is 2.27. The number of nitrogens with one attached hydrogen (secondary N) is 1. The zero-order valence-corrected chi connectivity index (χ0v) is 17.1. The molecule has 1 aromatic carbocycles. The van der Waals surface area contributed by atoms with E-state index in [1.165, 1.54) is 21.3 Å². The highest BCUT2D eigenvalue weighted by Crippen LogP contribution is 2.25. The van der Waals surface area contributed by atoms with E-state index in [1.54, 1.807) is 31.3 Å². The lowest BCUT2D eigenvalue weighted by Gasteiger charge is -2.25. The number of halogens is 1. The smallest absolute Gasteiger partial charge is 0.317 e. The molecule has 1 aliphatic heterocycles. The van der Waals surface area contributed by atoms with E-state index in [9.17, 15) is 17.6 Å². The molecule has 0 spiro atoms. The highest BCUT2D eigenvalue weighted by molar-refractivity contribution is 7.91. The molecular weight excluding hydrogens is 405 g/mol. The summed E-state index contributed by atoms with van der Waals surface area (Å²) in [5.74, 6) is -0.348. The van der Waals surface area contributed by atoms with Crippen LogP contribution in [0, 0.1) is 5.82 Å². The van der Waals surface area contributed by atoms with Crippen molar-refractivity contribution in [2.45, 2.75) is 17.3 Å². The van der Waals surface area contributed by atoms with E-state index in [2.05, 4.69) is 5.32 Å². The first-order valence-electron chi connectivity index (χ1n) is 8.76. The number of carbonyl (C=O) groups is 1. The molecule has 1 fully saturated rings. The zero-order chi connectivity index (χ0) is 20.1. The van der Waals surface area contributed by atoms with Gasteiger partial charge in [0, 0.05) is 31.6 Å². The van der Waals surface area contributed by atoms with Crippen LogP contribution in [0.5, 0.6) is 0 Å². The standard InChI is InChI=1S/C18H22FN3O4S2/c1-21(13-14-3-2-4-15(19)11-14)18(23)20-12-16-5-6-17(27-16)28(24,25)22-7-9-26-10-8-22/h2-6,11H,7-10,12-13H2,1H3,(H,20,23). The van der Waals surface area contributed by atoms with Crippen molar-refractivity contribution in [3.63, 3.8) is 0 Å². The molecule has 1 aromatic heterocycles. The number of rotatable bonds is 6. The fourth-order valence-electron chi connectivity index (χ4n) is 2.78. The van der Waals surface area contributed by atoms with Crippen LogP contribution in [-0.4, -0.2) is 57.0 Å². The van der Waals surface area contributed by atoms with Crippen LogP contribution >= 0.6 is 11.3 Å². The molecule has 152 valence electrons. The minimum Gasteiger partial charge on any atom is -0.379 e. The van der Waals surface area contributed by atoms with Gasteiger partial charge < -0.3 is 15.0 Å². The van der Waals surface area contributed by atoms with E-state index in [0.717, 1.165) is 16.2 Å². The third-order valence-electron chi connectivity index (χ3n) is 4.27. The molecule has 1 aliphatic rings. The number of benzene rings is 1. The van der Waals surface area contributed by atoms with Gasteiger partial charge in [-0.3, -0.25) is 0 Å². The fraction of sp³-hybridized carbons (Fsp3) is 0.389. The Morgan fingerprint density at radius 1 is 1.29 bits per heavy atom. The topological polar surface area (TPSA) is 79.0 Å². The lowest BCUT2D eigenvalue weighted by atomic mass is 10.2. The molecule has 2 amide bonds. The Balaban J connectivity index is 1.55. The summed E-state index contributed by atoms with van der Waals surface area (Å²) in [5.41, 5.74) is 0.688. The second-order valence-electron chi connectivity index (χ2n) is 6.38. The van der Waals surface area contributed by atoms with Gasteiger partial charge in [0.05, 0.1) is 19.8 Å². The molecule has 2 aromatic rings. The van der Waals surface area contributed by atoms with E-state index >= 15 is 0 Å². The number of amides is 2. The lowest BCUT2D eigenvalue weighted by molar-refractivity contribution is 0.0731. The summed E-state index contributed by atoms with van der Waals surface area (Å²) in [4.78, 5) is 14.4. The van der Waals surface area contributed by atoms with Gasteiger partial charge >= 0.3 is 6.03 Å². The molecule has 10 heteroatoms. The molecule has 28 heavy (non-hydrogen) atoms. The predicted octanol–water partition coefficient (Wildman–Crippen LogP) is 2.25. The quantitative estimate of drug-likeness (QED) is 0.767. The summed E-state index contributed by atoms with van der Waals surface area (Å²) in [5, 5.41) is 2.75. The van der Waals surface area contributed by atoms with Crippen LogP contribution in [0.1, 0.15) is 10.4 Å². The van der Waals surface area contributed by atoms with Crippen LogP contribution < -0.4 is 5.32 Å². The van der Waals surface area contributed by atoms with Crippen molar-refractivity contribution >= 4 is 27.4 Å². The fourth-order valence-corrected chi connectivity index (χ4v) is 5.64. The normalized spacial score (nSPS) is 15.4. The van der Waals surface area contributed by atoms with Crippen LogP contribution in [0.3, 0.4) is 0 Å². The first-order chi connectivity index (χ1) is 13.4. The summed E-state index contributed by atoms with van der Waals surface area (Å²) in [6.07, 6.45) is 0.